The molecule has 0 unspecified atom stereocenters. The maximum atomic E-state index is 9.10. The van der Waals surface area contributed by atoms with Crippen molar-refractivity contribution in [1.82, 2.24) is 5.32 Å². The number of carbonyl (C=O) groups is 2. The van der Waals surface area contributed by atoms with Gasteiger partial charge in [0.25, 0.3) is 0 Å². The minimum Gasteiger partial charge on any atom is -0.490 e. The van der Waals surface area contributed by atoms with E-state index in [1.54, 1.807) is 0 Å². The summed E-state index contributed by atoms with van der Waals surface area (Å²) in [6.45, 7) is 6.20. The molecule has 186 valence electrons. The van der Waals surface area contributed by atoms with Crippen LogP contribution in [0.25, 0.3) is 0 Å². The predicted octanol–water partition coefficient (Wildman–Crippen LogP) is 4.51. The summed E-state index contributed by atoms with van der Waals surface area (Å²) in [6.07, 6.45) is 6.81. The van der Waals surface area contributed by atoms with Gasteiger partial charge in [0.05, 0.1) is 12.2 Å². The van der Waals surface area contributed by atoms with Crippen molar-refractivity contribution >= 4 is 11.9 Å². The van der Waals surface area contributed by atoms with Gasteiger partial charge in [-0.05, 0) is 69.4 Å². The first kappa shape index (κ1) is 27.0. The van der Waals surface area contributed by atoms with Gasteiger partial charge in [-0.1, -0.05) is 30.7 Å². The SMILES string of the molecule is CC(C)Oc1ccccc1OCCNCc1cccc(OC2CCCCC2)c1.O=C(O)C(=O)O. The zero-order valence-electron chi connectivity index (χ0n) is 19.9. The molecule has 2 aromatic rings. The molecule has 3 N–H and O–H groups in total. The van der Waals surface area contributed by atoms with E-state index in [0.717, 1.165) is 30.3 Å². The van der Waals surface area contributed by atoms with Gasteiger partial charge < -0.3 is 29.7 Å². The summed E-state index contributed by atoms with van der Waals surface area (Å²) in [7, 11) is 0. The maximum absolute atomic E-state index is 9.10. The molecule has 1 saturated carbocycles. The summed E-state index contributed by atoms with van der Waals surface area (Å²) in [4.78, 5) is 18.2. The molecule has 0 aliphatic heterocycles. The highest BCUT2D eigenvalue weighted by molar-refractivity contribution is 6.27. The van der Waals surface area contributed by atoms with E-state index >= 15 is 0 Å². The zero-order chi connectivity index (χ0) is 24.8. The molecule has 34 heavy (non-hydrogen) atoms. The Labute approximate surface area is 200 Å². The van der Waals surface area contributed by atoms with E-state index in [1.807, 2.05) is 38.1 Å². The Morgan fingerprint density at radius 2 is 1.65 bits per heavy atom. The van der Waals surface area contributed by atoms with E-state index in [9.17, 15) is 0 Å². The van der Waals surface area contributed by atoms with Crippen LogP contribution in [0.3, 0.4) is 0 Å². The summed E-state index contributed by atoms with van der Waals surface area (Å²) < 4.78 is 17.8. The monoisotopic (exact) mass is 473 g/mol. The van der Waals surface area contributed by atoms with Crippen LogP contribution >= 0.6 is 0 Å². The molecule has 0 spiro atoms. The van der Waals surface area contributed by atoms with Gasteiger partial charge in [-0.2, -0.15) is 0 Å². The molecule has 2 aromatic carbocycles. The third-order valence-corrected chi connectivity index (χ3v) is 5.01. The lowest BCUT2D eigenvalue weighted by molar-refractivity contribution is -0.159. The number of hydrogen-bond donors (Lipinski definition) is 3. The third kappa shape index (κ3) is 10.6. The normalized spacial score (nSPS) is 13.5. The van der Waals surface area contributed by atoms with Crippen molar-refractivity contribution < 1.29 is 34.0 Å². The lowest BCUT2D eigenvalue weighted by Gasteiger charge is -2.23. The van der Waals surface area contributed by atoms with Gasteiger partial charge in [-0.15, -0.1) is 0 Å². The molecule has 0 bridgehead atoms. The van der Waals surface area contributed by atoms with Crippen molar-refractivity contribution in [2.24, 2.45) is 0 Å². The first-order valence-corrected chi connectivity index (χ1v) is 11.7. The number of rotatable bonds is 10. The Bertz CT molecular complexity index is 882. The molecular formula is C26H35NO7. The lowest BCUT2D eigenvalue weighted by Crippen LogP contribution is -2.21. The number of ether oxygens (including phenoxy) is 3. The van der Waals surface area contributed by atoms with Crippen molar-refractivity contribution in [2.45, 2.75) is 64.7 Å². The van der Waals surface area contributed by atoms with Gasteiger partial charge in [-0.25, -0.2) is 9.59 Å². The highest BCUT2D eigenvalue weighted by atomic mass is 16.5. The number of nitrogens with one attached hydrogen (secondary N) is 1. The molecule has 1 aliphatic rings. The highest BCUT2D eigenvalue weighted by Crippen LogP contribution is 2.27. The standard InChI is InChI=1S/C24H33NO3.C2H2O4/c1-19(2)27-24-14-7-6-13-23(24)26-16-15-25-18-20-9-8-12-22(17-20)28-21-10-4-3-5-11-21;3-1(4)2(5)6/h6-9,12-14,17,19,21,25H,3-5,10-11,15-16,18H2,1-2H3;(H,3,4)(H,5,6). The van der Waals surface area contributed by atoms with Crippen LogP contribution in [-0.4, -0.2) is 47.5 Å². The van der Waals surface area contributed by atoms with E-state index < -0.39 is 11.9 Å². The third-order valence-electron chi connectivity index (χ3n) is 5.01. The van der Waals surface area contributed by atoms with E-state index in [4.69, 9.17) is 34.0 Å². The quantitative estimate of drug-likeness (QED) is 0.341. The minimum atomic E-state index is -1.82. The molecule has 0 atom stereocenters. The molecule has 0 heterocycles. The summed E-state index contributed by atoms with van der Waals surface area (Å²) >= 11 is 0. The second-order valence-electron chi connectivity index (χ2n) is 8.27. The summed E-state index contributed by atoms with van der Waals surface area (Å²) in [5.74, 6) is -1.07. The number of benzene rings is 2. The topological polar surface area (TPSA) is 114 Å². The Morgan fingerprint density at radius 3 is 2.29 bits per heavy atom. The molecule has 0 aromatic heterocycles. The second-order valence-corrected chi connectivity index (χ2v) is 8.27. The molecule has 8 nitrogen and oxygen atoms in total. The van der Waals surface area contributed by atoms with Crippen LogP contribution < -0.4 is 19.5 Å². The fraction of sp³-hybridized carbons (Fsp3) is 0.462. The van der Waals surface area contributed by atoms with Crippen molar-refractivity contribution in [2.75, 3.05) is 13.2 Å². The van der Waals surface area contributed by atoms with Gasteiger partial charge >= 0.3 is 11.9 Å². The second kappa shape index (κ2) is 14.8. The van der Waals surface area contributed by atoms with Gasteiger partial charge in [-0.3, -0.25) is 0 Å². The molecule has 3 rings (SSSR count). The number of hydrogen-bond acceptors (Lipinski definition) is 6. The smallest absolute Gasteiger partial charge is 0.414 e. The van der Waals surface area contributed by atoms with Gasteiger partial charge in [0.15, 0.2) is 11.5 Å². The first-order chi connectivity index (χ1) is 16.3. The summed E-state index contributed by atoms with van der Waals surface area (Å²) in [6, 6.07) is 16.2. The van der Waals surface area contributed by atoms with Crippen LogP contribution in [0.1, 0.15) is 51.5 Å². The molecule has 1 aliphatic carbocycles. The Hall–Kier alpha value is -3.26. The van der Waals surface area contributed by atoms with Gasteiger partial charge in [0, 0.05) is 13.1 Å². The van der Waals surface area contributed by atoms with Crippen LogP contribution in [0.2, 0.25) is 0 Å². The van der Waals surface area contributed by atoms with E-state index in [2.05, 4.69) is 29.6 Å². The van der Waals surface area contributed by atoms with Gasteiger partial charge in [0.2, 0.25) is 0 Å². The van der Waals surface area contributed by atoms with E-state index in [1.165, 1.54) is 37.7 Å². The van der Waals surface area contributed by atoms with Crippen molar-refractivity contribution in [3.05, 3.63) is 54.1 Å². The minimum absolute atomic E-state index is 0.131. The Balaban J connectivity index is 0.000000604. The van der Waals surface area contributed by atoms with Crippen molar-refractivity contribution in [3.8, 4) is 17.2 Å². The van der Waals surface area contributed by atoms with Crippen LogP contribution in [0.4, 0.5) is 0 Å². The Kier molecular flexibility index (Phi) is 11.7. The molecule has 1 fully saturated rings. The predicted molar refractivity (Wildman–Crippen MR) is 129 cm³/mol. The molecular weight excluding hydrogens is 438 g/mol. The van der Waals surface area contributed by atoms with Crippen LogP contribution in [0.15, 0.2) is 48.5 Å². The highest BCUT2D eigenvalue weighted by Gasteiger charge is 2.14. The average Bonchev–Trinajstić information content (AvgIpc) is 2.81. The molecule has 0 saturated heterocycles. The largest absolute Gasteiger partial charge is 0.490 e. The van der Waals surface area contributed by atoms with Crippen LogP contribution in [0, 0.1) is 0 Å². The van der Waals surface area contributed by atoms with Crippen LogP contribution in [-0.2, 0) is 16.1 Å². The zero-order valence-corrected chi connectivity index (χ0v) is 19.9. The Morgan fingerprint density at radius 1 is 0.971 bits per heavy atom. The average molecular weight is 474 g/mol. The first-order valence-electron chi connectivity index (χ1n) is 11.7. The maximum Gasteiger partial charge on any atom is 0.414 e. The van der Waals surface area contributed by atoms with E-state index in [0.29, 0.717) is 12.7 Å². The number of carboxylic acids is 2. The number of para-hydroxylation sites is 2. The van der Waals surface area contributed by atoms with Crippen molar-refractivity contribution in [1.29, 1.82) is 0 Å². The summed E-state index contributed by atoms with van der Waals surface area (Å²) in [5.41, 5.74) is 1.23. The van der Waals surface area contributed by atoms with Crippen LogP contribution in [0.5, 0.6) is 17.2 Å². The van der Waals surface area contributed by atoms with E-state index in [-0.39, 0.29) is 6.10 Å². The summed E-state index contributed by atoms with van der Waals surface area (Å²) in [5, 5.41) is 18.2. The fourth-order valence-corrected chi connectivity index (χ4v) is 3.49. The van der Waals surface area contributed by atoms with Crippen molar-refractivity contribution in [3.63, 3.8) is 0 Å². The molecule has 8 heteroatoms. The molecule has 0 radical (unpaired) electrons. The lowest BCUT2D eigenvalue weighted by atomic mass is 9.98. The number of aliphatic carboxylic acids is 2. The number of carboxylic acid groups (broad SMARTS) is 2. The molecule has 0 amide bonds. The fourth-order valence-electron chi connectivity index (χ4n) is 3.49. The van der Waals surface area contributed by atoms with Gasteiger partial charge in [0.1, 0.15) is 12.4 Å².